The molecule has 0 radical (unpaired) electrons. The molecule has 0 fully saturated rings. The maximum Gasteiger partial charge on any atom is 0.259 e. The van der Waals surface area contributed by atoms with Crippen LogP contribution in [-0.4, -0.2) is 29.9 Å². The zero-order chi connectivity index (χ0) is 20.2. The molecule has 0 unspecified atom stereocenters. The summed E-state index contributed by atoms with van der Waals surface area (Å²) in [6.45, 7) is 0.728. The van der Waals surface area contributed by atoms with Crippen molar-refractivity contribution in [3.05, 3.63) is 83.0 Å². The summed E-state index contributed by atoms with van der Waals surface area (Å²) in [4.78, 5) is 30.9. The van der Waals surface area contributed by atoms with Crippen LogP contribution in [0.1, 0.15) is 15.9 Å². The standard InChI is InChI=1S/C22H19ClN4O2/c23-17-6-8-18(9-7-17)26-21(28)14-25-20-10-5-16(13-24-20)22(29)27-12-11-15-3-1-2-4-19(15)27/h1-10,13H,11-12,14H2,(H,24,25)(H,26,28). The molecule has 0 spiro atoms. The second-order valence-electron chi connectivity index (χ2n) is 6.68. The van der Waals surface area contributed by atoms with Crippen LogP contribution in [-0.2, 0) is 11.2 Å². The summed E-state index contributed by atoms with van der Waals surface area (Å²) >= 11 is 5.83. The molecule has 4 rings (SSSR count). The van der Waals surface area contributed by atoms with Crippen LogP contribution in [0.3, 0.4) is 0 Å². The molecule has 1 aromatic heterocycles. The Kier molecular flexibility index (Phi) is 5.44. The van der Waals surface area contributed by atoms with Gasteiger partial charge < -0.3 is 15.5 Å². The number of benzene rings is 2. The summed E-state index contributed by atoms with van der Waals surface area (Å²) in [5.41, 5.74) is 3.32. The van der Waals surface area contributed by atoms with Gasteiger partial charge in [-0.2, -0.15) is 0 Å². The number of amides is 2. The molecule has 2 aromatic carbocycles. The normalized spacial score (nSPS) is 12.4. The summed E-state index contributed by atoms with van der Waals surface area (Å²) in [6, 6.07) is 18.2. The van der Waals surface area contributed by atoms with Gasteiger partial charge in [-0.25, -0.2) is 4.98 Å². The third-order valence-electron chi connectivity index (χ3n) is 4.70. The van der Waals surface area contributed by atoms with Gasteiger partial charge in [0, 0.05) is 29.1 Å². The van der Waals surface area contributed by atoms with E-state index in [0.29, 0.717) is 28.6 Å². The zero-order valence-electron chi connectivity index (χ0n) is 15.6. The van der Waals surface area contributed by atoms with Crippen molar-refractivity contribution in [3.8, 4) is 0 Å². The number of anilines is 3. The summed E-state index contributed by atoms with van der Waals surface area (Å²) in [6.07, 6.45) is 2.39. The van der Waals surface area contributed by atoms with Crippen LogP contribution in [0.2, 0.25) is 5.02 Å². The van der Waals surface area contributed by atoms with Gasteiger partial charge in [0.1, 0.15) is 5.82 Å². The predicted molar refractivity (Wildman–Crippen MR) is 115 cm³/mol. The molecular formula is C22H19ClN4O2. The summed E-state index contributed by atoms with van der Waals surface area (Å²) in [7, 11) is 0. The van der Waals surface area contributed by atoms with Crippen LogP contribution in [0.5, 0.6) is 0 Å². The van der Waals surface area contributed by atoms with E-state index >= 15 is 0 Å². The van der Waals surface area contributed by atoms with Gasteiger partial charge in [-0.3, -0.25) is 9.59 Å². The maximum absolute atomic E-state index is 12.8. The number of carbonyl (C=O) groups excluding carboxylic acids is 2. The highest BCUT2D eigenvalue weighted by Crippen LogP contribution is 2.28. The number of nitrogens with zero attached hydrogens (tertiary/aromatic N) is 2. The molecule has 2 amide bonds. The Morgan fingerprint density at radius 2 is 1.83 bits per heavy atom. The first-order chi connectivity index (χ1) is 14.1. The Hall–Kier alpha value is -3.38. The third kappa shape index (κ3) is 4.38. The molecule has 0 saturated heterocycles. The second kappa shape index (κ2) is 8.32. The van der Waals surface area contributed by atoms with Crippen molar-refractivity contribution in [2.24, 2.45) is 0 Å². The average Bonchev–Trinajstić information content (AvgIpc) is 3.18. The van der Waals surface area contributed by atoms with Crippen LogP contribution in [0.25, 0.3) is 0 Å². The quantitative estimate of drug-likeness (QED) is 0.671. The van der Waals surface area contributed by atoms with Gasteiger partial charge in [-0.15, -0.1) is 0 Å². The van der Waals surface area contributed by atoms with Gasteiger partial charge in [0.05, 0.1) is 12.1 Å². The van der Waals surface area contributed by atoms with E-state index in [2.05, 4.69) is 15.6 Å². The molecule has 0 bridgehead atoms. The highest BCUT2D eigenvalue weighted by Gasteiger charge is 2.25. The molecule has 0 aliphatic carbocycles. The summed E-state index contributed by atoms with van der Waals surface area (Å²) in [5, 5.41) is 6.33. The Morgan fingerprint density at radius 3 is 2.59 bits per heavy atom. The number of hydrogen-bond donors (Lipinski definition) is 2. The Labute approximate surface area is 173 Å². The van der Waals surface area contributed by atoms with Crippen LogP contribution < -0.4 is 15.5 Å². The van der Waals surface area contributed by atoms with E-state index in [4.69, 9.17) is 11.6 Å². The van der Waals surface area contributed by atoms with Gasteiger partial charge in [0.2, 0.25) is 5.91 Å². The molecule has 6 nitrogen and oxygen atoms in total. The SMILES string of the molecule is O=C(CNc1ccc(C(=O)N2CCc3ccccc32)cn1)Nc1ccc(Cl)cc1. The van der Waals surface area contributed by atoms with Gasteiger partial charge in [-0.05, 0) is 54.4 Å². The number of rotatable bonds is 5. The average molecular weight is 407 g/mol. The van der Waals surface area contributed by atoms with Crippen molar-refractivity contribution in [2.45, 2.75) is 6.42 Å². The minimum Gasteiger partial charge on any atom is -0.361 e. The van der Waals surface area contributed by atoms with Gasteiger partial charge >= 0.3 is 0 Å². The molecule has 146 valence electrons. The number of carbonyl (C=O) groups is 2. The molecule has 0 atom stereocenters. The van der Waals surface area contributed by atoms with Crippen LogP contribution >= 0.6 is 11.6 Å². The van der Waals surface area contributed by atoms with Crippen LogP contribution in [0, 0.1) is 0 Å². The van der Waals surface area contributed by atoms with Crippen molar-refractivity contribution in [1.29, 1.82) is 0 Å². The molecule has 2 heterocycles. The predicted octanol–water partition coefficient (Wildman–Crippen LogP) is 3.99. The first kappa shape index (κ1) is 19.0. The van der Waals surface area contributed by atoms with E-state index in [1.54, 1.807) is 41.3 Å². The fraction of sp³-hybridized carbons (Fsp3) is 0.136. The highest BCUT2D eigenvalue weighted by atomic mass is 35.5. The minimum absolute atomic E-state index is 0.0580. The number of para-hydroxylation sites is 1. The van der Waals surface area contributed by atoms with E-state index in [-0.39, 0.29) is 18.4 Å². The lowest BCUT2D eigenvalue weighted by Crippen LogP contribution is -2.29. The Bertz CT molecular complexity index is 1040. The monoisotopic (exact) mass is 406 g/mol. The molecule has 29 heavy (non-hydrogen) atoms. The molecular weight excluding hydrogens is 388 g/mol. The fourth-order valence-electron chi connectivity index (χ4n) is 3.24. The van der Waals surface area contributed by atoms with Crippen LogP contribution in [0.4, 0.5) is 17.2 Å². The molecule has 1 aliphatic rings. The van der Waals surface area contributed by atoms with Gasteiger partial charge in [0.15, 0.2) is 0 Å². The largest absolute Gasteiger partial charge is 0.361 e. The van der Waals surface area contributed by atoms with E-state index in [1.165, 1.54) is 11.8 Å². The number of hydrogen-bond acceptors (Lipinski definition) is 4. The maximum atomic E-state index is 12.8. The number of fused-ring (bicyclic) bond motifs is 1. The Morgan fingerprint density at radius 1 is 1.03 bits per heavy atom. The number of nitrogens with one attached hydrogen (secondary N) is 2. The van der Waals surface area contributed by atoms with Crippen LogP contribution in [0.15, 0.2) is 66.9 Å². The zero-order valence-corrected chi connectivity index (χ0v) is 16.3. The van der Waals surface area contributed by atoms with Crippen molar-refractivity contribution < 1.29 is 9.59 Å². The van der Waals surface area contributed by atoms with Crippen molar-refractivity contribution in [3.63, 3.8) is 0 Å². The molecule has 3 aromatic rings. The first-order valence-corrected chi connectivity index (χ1v) is 9.63. The van der Waals surface area contributed by atoms with Crippen molar-refractivity contribution >= 4 is 40.6 Å². The lowest BCUT2D eigenvalue weighted by Gasteiger charge is -2.17. The topological polar surface area (TPSA) is 74.3 Å². The number of aromatic nitrogens is 1. The minimum atomic E-state index is -0.206. The number of halogens is 1. The van der Waals surface area contributed by atoms with Gasteiger partial charge in [-0.1, -0.05) is 29.8 Å². The molecule has 0 saturated carbocycles. The van der Waals surface area contributed by atoms with Gasteiger partial charge in [0.25, 0.3) is 5.91 Å². The van der Waals surface area contributed by atoms with Crippen molar-refractivity contribution in [2.75, 3.05) is 28.6 Å². The number of pyridine rings is 1. The lowest BCUT2D eigenvalue weighted by atomic mass is 10.2. The molecule has 7 heteroatoms. The van der Waals surface area contributed by atoms with E-state index in [0.717, 1.165) is 12.1 Å². The first-order valence-electron chi connectivity index (χ1n) is 9.25. The van der Waals surface area contributed by atoms with E-state index < -0.39 is 0 Å². The third-order valence-corrected chi connectivity index (χ3v) is 4.95. The lowest BCUT2D eigenvalue weighted by molar-refractivity contribution is -0.114. The highest BCUT2D eigenvalue weighted by molar-refractivity contribution is 6.30. The van der Waals surface area contributed by atoms with Crippen molar-refractivity contribution in [1.82, 2.24) is 4.98 Å². The second-order valence-corrected chi connectivity index (χ2v) is 7.11. The van der Waals surface area contributed by atoms with E-state index in [9.17, 15) is 9.59 Å². The molecule has 1 aliphatic heterocycles. The summed E-state index contributed by atoms with van der Waals surface area (Å²) in [5.74, 6) is 0.243. The Balaban J connectivity index is 1.34. The fourth-order valence-corrected chi connectivity index (χ4v) is 3.37. The summed E-state index contributed by atoms with van der Waals surface area (Å²) < 4.78 is 0. The van der Waals surface area contributed by atoms with E-state index in [1.807, 2.05) is 24.3 Å². The molecule has 2 N–H and O–H groups in total. The smallest absolute Gasteiger partial charge is 0.259 e.